The van der Waals surface area contributed by atoms with Crippen LogP contribution in [0.25, 0.3) is 99.8 Å². The molecule has 88 heavy (non-hydrogen) atoms. The molecule has 0 unspecified atom stereocenters. The molecule has 3 aromatic heterocycles. The Kier molecular flexibility index (Phi) is 11.5. The molecule has 0 amide bonds. The largest absolute Gasteiger partial charge is 0.310 e. The minimum Gasteiger partial charge on any atom is -0.310 e. The zero-order valence-electron chi connectivity index (χ0n) is 49.4. The first-order valence-corrected chi connectivity index (χ1v) is 30.5. The summed E-state index contributed by atoms with van der Waals surface area (Å²) < 4.78 is 4.76. The Bertz CT molecular complexity index is 4820. The fourth-order valence-electron chi connectivity index (χ4n) is 14.8. The molecule has 6 heteroatoms. The minimum atomic E-state index is -0.163. The van der Waals surface area contributed by atoms with Gasteiger partial charge in [0.2, 0.25) is 0 Å². The molecule has 2 aliphatic rings. The lowest BCUT2D eigenvalue weighted by Crippen LogP contribution is -2.16. The van der Waals surface area contributed by atoms with Gasteiger partial charge in [-0.05, 0) is 166 Å². The van der Waals surface area contributed by atoms with Crippen molar-refractivity contribution in [3.63, 3.8) is 0 Å². The van der Waals surface area contributed by atoms with Crippen molar-refractivity contribution in [3.05, 3.63) is 314 Å². The molecule has 0 spiro atoms. The van der Waals surface area contributed by atoms with Gasteiger partial charge in [0.1, 0.15) is 0 Å². The molecule has 15 aromatic rings. The van der Waals surface area contributed by atoms with E-state index in [4.69, 9.17) is 9.97 Å². The van der Waals surface area contributed by atoms with E-state index in [0.29, 0.717) is 0 Å². The lowest BCUT2D eigenvalue weighted by Gasteiger charge is -2.28. The van der Waals surface area contributed by atoms with E-state index < -0.39 is 0 Å². The van der Waals surface area contributed by atoms with Crippen LogP contribution in [0.3, 0.4) is 0 Å². The summed E-state index contributed by atoms with van der Waals surface area (Å²) in [4.78, 5) is 14.9. The van der Waals surface area contributed by atoms with Crippen LogP contribution in [0.15, 0.2) is 291 Å². The maximum Gasteiger partial charge on any atom is 0.0965 e. The summed E-state index contributed by atoms with van der Waals surface area (Å²) in [7, 11) is 0. The molecule has 0 saturated heterocycles. The van der Waals surface area contributed by atoms with Crippen LogP contribution >= 0.6 is 0 Å². The van der Waals surface area contributed by atoms with Crippen molar-refractivity contribution in [1.29, 1.82) is 0 Å². The lowest BCUT2D eigenvalue weighted by molar-refractivity contribution is 0.660. The average molecular weight is 1130 g/mol. The van der Waals surface area contributed by atoms with Gasteiger partial charge in [0.05, 0.1) is 33.5 Å². The summed E-state index contributed by atoms with van der Waals surface area (Å²) in [5.74, 6) is 0. The molecule has 12 aromatic carbocycles. The summed E-state index contributed by atoms with van der Waals surface area (Å²) in [6.45, 7) is 9.40. The Balaban J connectivity index is 0.735. The second-order valence-electron chi connectivity index (χ2n) is 24.6. The van der Waals surface area contributed by atoms with Gasteiger partial charge in [0.15, 0.2) is 0 Å². The third kappa shape index (κ3) is 7.88. The van der Waals surface area contributed by atoms with Gasteiger partial charge in [-0.2, -0.15) is 0 Å². The second kappa shape index (κ2) is 19.7. The zero-order valence-corrected chi connectivity index (χ0v) is 49.4. The molecule has 0 N–H and O–H groups in total. The monoisotopic (exact) mass is 1130 g/mol. The highest BCUT2D eigenvalue weighted by Gasteiger charge is 2.37. The number of aromatic nitrogens is 4. The minimum absolute atomic E-state index is 0.163. The first kappa shape index (κ1) is 51.3. The zero-order chi connectivity index (χ0) is 58.8. The Labute approximate surface area is 512 Å². The van der Waals surface area contributed by atoms with Crippen molar-refractivity contribution in [3.8, 4) is 56.1 Å². The van der Waals surface area contributed by atoms with Crippen molar-refractivity contribution in [1.82, 2.24) is 19.1 Å². The number of nitrogens with zero attached hydrogens (tertiary/aromatic N) is 6. The topological polar surface area (TPSA) is 42.1 Å². The molecule has 6 nitrogen and oxygen atoms in total. The summed E-state index contributed by atoms with van der Waals surface area (Å²) in [5, 5.41) is 4.99. The van der Waals surface area contributed by atoms with Gasteiger partial charge in [-0.25, -0.2) is 0 Å². The molecule has 2 aliphatic carbocycles. The SMILES string of the molecule is CC1(C)c2ccccc2-c2ccc(N(c3ccc(-c4nccnc4-c4ccc(N(c5ccc(-n6c7ccccc7c7ccccc76)cc5)c5ccc6c(c5)C(C)(C)c5ccccc5-6)cc4)cc3)c3ccc(-n4c5ccccc5c5ccccc54)cc3)cc21. The third-order valence-electron chi connectivity index (χ3n) is 19.0. The Morgan fingerprint density at radius 3 is 0.909 bits per heavy atom. The highest BCUT2D eigenvalue weighted by atomic mass is 15.2. The van der Waals surface area contributed by atoms with E-state index in [1.165, 1.54) is 88.1 Å². The van der Waals surface area contributed by atoms with E-state index in [2.05, 4.69) is 326 Å². The van der Waals surface area contributed by atoms with E-state index in [0.717, 1.165) is 68.0 Å². The van der Waals surface area contributed by atoms with Crippen LogP contribution in [0.5, 0.6) is 0 Å². The van der Waals surface area contributed by atoms with Crippen LogP contribution in [0.2, 0.25) is 0 Å². The maximum absolute atomic E-state index is 5.06. The summed E-state index contributed by atoms with van der Waals surface area (Å²) >= 11 is 0. The highest BCUT2D eigenvalue weighted by Crippen LogP contribution is 2.53. The molecule has 3 heterocycles. The predicted molar refractivity (Wildman–Crippen MR) is 366 cm³/mol. The fourth-order valence-corrected chi connectivity index (χ4v) is 14.8. The first-order chi connectivity index (χ1) is 43.2. The molecule has 0 saturated carbocycles. The number of fused-ring (bicyclic) bond motifs is 12. The van der Waals surface area contributed by atoms with E-state index in [9.17, 15) is 0 Å². The van der Waals surface area contributed by atoms with Crippen LogP contribution in [0, 0.1) is 0 Å². The number of anilines is 6. The summed E-state index contributed by atoms with van der Waals surface area (Å²) in [5.41, 5.74) is 27.2. The van der Waals surface area contributed by atoms with Gasteiger partial charge in [0.25, 0.3) is 0 Å². The summed E-state index contributed by atoms with van der Waals surface area (Å²) in [6.07, 6.45) is 3.60. The van der Waals surface area contributed by atoms with Gasteiger partial charge >= 0.3 is 0 Å². The molecule has 418 valence electrons. The van der Waals surface area contributed by atoms with Crippen molar-refractivity contribution in [2.45, 2.75) is 38.5 Å². The van der Waals surface area contributed by atoms with Crippen molar-refractivity contribution >= 4 is 77.7 Å². The molecule has 0 fully saturated rings. The van der Waals surface area contributed by atoms with Crippen molar-refractivity contribution in [2.75, 3.05) is 9.80 Å². The third-order valence-corrected chi connectivity index (χ3v) is 19.0. The van der Waals surface area contributed by atoms with Gasteiger partial charge in [-0.15, -0.1) is 0 Å². The number of hydrogen-bond donors (Lipinski definition) is 0. The van der Waals surface area contributed by atoms with E-state index in [1.54, 1.807) is 12.4 Å². The Hall–Kier alpha value is -11.1. The van der Waals surface area contributed by atoms with Crippen LogP contribution in [-0.4, -0.2) is 19.1 Å². The van der Waals surface area contributed by atoms with Crippen molar-refractivity contribution < 1.29 is 0 Å². The Morgan fingerprint density at radius 1 is 0.273 bits per heavy atom. The molecule has 0 bridgehead atoms. The average Bonchev–Trinajstić information content (AvgIpc) is 1.77. The van der Waals surface area contributed by atoms with Crippen LogP contribution < -0.4 is 9.80 Å². The molecule has 0 aliphatic heterocycles. The Morgan fingerprint density at radius 2 is 0.557 bits per heavy atom. The van der Waals surface area contributed by atoms with Crippen LogP contribution in [0.4, 0.5) is 34.1 Å². The standard InChI is InChI=1S/C82H60N6/c1-81(2)71-23-11-5-17-63(71)65-47-45-61(51-73(65)81)85(57-37-41-59(42-38-57)87-75-25-13-7-19-67(75)68-20-8-14-26-76(68)87)55-33-29-53(30-34-55)79-80(84-50-49-83-79)54-31-35-56(36-32-54)86(62-46-48-66-64-18-6-12-24-72(64)82(3,4)74(66)52-62)58-39-43-60(44-40-58)88-77-27-15-9-21-69(77)70-22-10-16-28-78(70)88/h5-52H,1-4H3. The van der Waals surface area contributed by atoms with Crippen LogP contribution in [-0.2, 0) is 10.8 Å². The van der Waals surface area contributed by atoms with Gasteiger partial charge in [-0.3, -0.25) is 9.97 Å². The maximum atomic E-state index is 5.06. The summed E-state index contributed by atoms with van der Waals surface area (Å²) in [6, 6.07) is 102. The van der Waals surface area contributed by atoms with E-state index in [1.807, 2.05) is 0 Å². The van der Waals surface area contributed by atoms with E-state index >= 15 is 0 Å². The van der Waals surface area contributed by atoms with E-state index in [-0.39, 0.29) is 10.8 Å². The number of rotatable bonds is 10. The molecular weight excluding hydrogens is 1070 g/mol. The first-order valence-electron chi connectivity index (χ1n) is 30.5. The number of benzene rings is 12. The van der Waals surface area contributed by atoms with Crippen molar-refractivity contribution in [2.24, 2.45) is 0 Å². The second-order valence-corrected chi connectivity index (χ2v) is 24.6. The predicted octanol–water partition coefficient (Wildman–Crippen LogP) is 21.6. The van der Waals surface area contributed by atoms with Crippen LogP contribution in [0.1, 0.15) is 49.9 Å². The normalized spacial score (nSPS) is 13.4. The lowest BCUT2D eigenvalue weighted by atomic mass is 9.82. The quantitative estimate of drug-likeness (QED) is 0.137. The van der Waals surface area contributed by atoms with Gasteiger partial charge in [0, 0.05) is 101 Å². The molecule has 0 radical (unpaired) electrons. The smallest absolute Gasteiger partial charge is 0.0965 e. The molecular formula is C82H60N6. The van der Waals surface area contributed by atoms with Gasteiger partial charge < -0.3 is 18.9 Å². The van der Waals surface area contributed by atoms with Gasteiger partial charge in [-0.1, -0.05) is 185 Å². The number of para-hydroxylation sites is 4. The molecule has 0 atom stereocenters. The number of hydrogen-bond acceptors (Lipinski definition) is 4. The highest BCUT2D eigenvalue weighted by molar-refractivity contribution is 6.10. The fraction of sp³-hybridized carbons (Fsp3) is 0.0732. The molecule has 17 rings (SSSR count).